The van der Waals surface area contributed by atoms with Crippen LogP contribution >= 0.6 is 0 Å². The largest absolute Gasteiger partial charge is 0.484 e. The molecule has 1 aromatic rings. The van der Waals surface area contributed by atoms with Crippen molar-refractivity contribution in [3.05, 3.63) is 29.8 Å². The molecule has 3 N–H and O–H groups in total. The fourth-order valence-electron chi connectivity index (χ4n) is 2.89. The van der Waals surface area contributed by atoms with Crippen LogP contribution in [0.2, 0.25) is 0 Å². The number of nitrogens with two attached hydrogens (primary N) is 1. The van der Waals surface area contributed by atoms with Gasteiger partial charge in [-0.25, -0.2) is 0 Å². The van der Waals surface area contributed by atoms with E-state index in [1.54, 1.807) is 12.1 Å². The summed E-state index contributed by atoms with van der Waals surface area (Å²) in [6.07, 6.45) is -1.57. The zero-order valence-electron chi connectivity index (χ0n) is 12.7. The molecule has 7 heteroatoms. The van der Waals surface area contributed by atoms with Crippen LogP contribution in [0.15, 0.2) is 24.3 Å². The molecular formula is C16H21F3N2O2. The fourth-order valence-corrected chi connectivity index (χ4v) is 2.89. The standard InChI is InChI=1S/C16H21F3N2O2/c17-16(18,19)10-23-13-5-1-3-11(7-13)9-21-15(22)14-6-2-4-12(14)8-20/h1,3,5,7,12,14H,2,4,6,8-10,20H2,(H,21,22)/t12-,14-/m1/s1. The van der Waals surface area contributed by atoms with Gasteiger partial charge in [0.1, 0.15) is 5.75 Å². The minimum absolute atomic E-state index is 0.0421. The van der Waals surface area contributed by atoms with Crippen molar-refractivity contribution in [2.45, 2.75) is 32.0 Å². The zero-order valence-corrected chi connectivity index (χ0v) is 12.7. The summed E-state index contributed by atoms with van der Waals surface area (Å²) in [6, 6.07) is 6.29. The van der Waals surface area contributed by atoms with Crippen molar-refractivity contribution in [2.24, 2.45) is 17.6 Å². The highest BCUT2D eigenvalue weighted by Gasteiger charge is 2.31. The van der Waals surface area contributed by atoms with Crippen molar-refractivity contribution >= 4 is 5.91 Å². The van der Waals surface area contributed by atoms with E-state index in [0.29, 0.717) is 12.1 Å². The van der Waals surface area contributed by atoms with Crippen LogP contribution in [0.3, 0.4) is 0 Å². The predicted octanol–water partition coefficient (Wildman–Crippen LogP) is 2.62. The van der Waals surface area contributed by atoms with E-state index in [4.69, 9.17) is 10.5 Å². The van der Waals surface area contributed by atoms with Crippen molar-refractivity contribution in [1.29, 1.82) is 0 Å². The van der Waals surface area contributed by atoms with Crippen LogP contribution in [0.4, 0.5) is 13.2 Å². The van der Waals surface area contributed by atoms with Gasteiger partial charge in [0.25, 0.3) is 0 Å². The number of nitrogens with one attached hydrogen (secondary N) is 1. The van der Waals surface area contributed by atoms with Gasteiger partial charge in [-0.05, 0) is 43.0 Å². The van der Waals surface area contributed by atoms with Gasteiger partial charge in [-0.15, -0.1) is 0 Å². The van der Waals surface area contributed by atoms with Crippen molar-refractivity contribution in [3.8, 4) is 5.75 Å². The average molecular weight is 330 g/mol. The summed E-state index contributed by atoms with van der Waals surface area (Å²) in [5.41, 5.74) is 6.36. The lowest BCUT2D eigenvalue weighted by atomic mass is 9.95. The van der Waals surface area contributed by atoms with Crippen LogP contribution in [0.1, 0.15) is 24.8 Å². The Balaban J connectivity index is 1.87. The maximum absolute atomic E-state index is 12.2. The van der Waals surface area contributed by atoms with Gasteiger partial charge in [0.2, 0.25) is 5.91 Å². The molecule has 0 heterocycles. The van der Waals surface area contributed by atoms with E-state index in [0.717, 1.165) is 19.3 Å². The average Bonchev–Trinajstić information content (AvgIpc) is 2.99. The van der Waals surface area contributed by atoms with E-state index in [-0.39, 0.29) is 30.0 Å². The van der Waals surface area contributed by atoms with E-state index >= 15 is 0 Å². The van der Waals surface area contributed by atoms with E-state index < -0.39 is 12.8 Å². The number of carbonyl (C=O) groups is 1. The molecule has 0 aliphatic heterocycles. The summed E-state index contributed by atoms with van der Waals surface area (Å²) in [4.78, 5) is 12.2. The normalized spacial score (nSPS) is 21.2. The molecule has 128 valence electrons. The van der Waals surface area contributed by atoms with Crippen molar-refractivity contribution in [1.82, 2.24) is 5.32 Å². The van der Waals surface area contributed by atoms with Crippen molar-refractivity contribution in [2.75, 3.05) is 13.2 Å². The molecule has 1 amide bonds. The third-order valence-electron chi connectivity index (χ3n) is 4.07. The number of hydrogen-bond donors (Lipinski definition) is 2. The molecule has 0 unspecified atom stereocenters. The molecule has 2 rings (SSSR count). The second kappa shape index (κ2) is 7.68. The smallest absolute Gasteiger partial charge is 0.422 e. The summed E-state index contributed by atoms with van der Waals surface area (Å²) in [5.74, 6) is 0.246. The minimum atomic E-state index is -4.37. The molecule has 4 nitrogen and oxygen atoms in total. The second-order valence-electron chi connectivity index (χ2n) is 5.80. The van der Waals surface area contributed by atoms with E-state index in [1.807, 2.05) is 0 Å². The molecule has 1 fully saturated rings. The van der Waals surface area contributed by atoms with Crippen LogP contribution in [-0.2, 0) is 11.3 Å². The molecule has 1 aliphatic rings. The fraction of sp³-hybridized carbons (Fsp3) is 0.562. The first kappa shape index (κ1) is 17.6. The number of alkyl halides is 3. The minimum Gasteiger partial charge on any atom is -0.484 e. The van der Waals surface area contributed by atoms with Gasteiger partial charge >= 0.3 is 6.18 Å². The molecule has 0 radical (unpaired) electrons. The van der Waals surface area contributed by atoms with Gasteiger partial charge in [-0.2, -0.15) is 13.2 Å². The summed E-state index contributed by atoms with van der Waals surface area (Å²) < 4.78 is 41.1. The number of halogens is 3. The van der Waals surface area contributed by atoms with Gasteiger partial charge in [0.05, 0.1) is 0 Å². The number of ether oxygens (including phenoxy) is 1. The summed E-state index contributed by atoms with van der Waals surface area (Å²) in [7, 11) is 0. The third-order valence-corrected chi connectivity index (χ3v) is 4.07. The number of carbonyl (C=O) groups excluding carboxylic acids is 1. The molecular weight excluding hydrogens is 309 g/mol. The van der Waals surface area contributed by atoms with Crippen LogP contribution in [0.5, 0.6) is 5.75 Å². The summed E-state index contributed by atoms with van der Waals surface area (Å²) in [6.45, 7) is -0.572. The maximum Gasteiger partial charge on any atom is 0.422 e. The Morgan fingerprint density at radius 3 is 2.83 bits per heavy atom. The molecule has 1 aliphatic carbocycles. The lowest BCUT2D eigenvalue weighted by molar-refractivity contribution is -0.153. The first-order chi connectivity index (χ1) is 10.9. The van der Waals surface area contributed by atoms with Crippen LogP contribution < -0.4 is 15.8 Å². The van der Waals surface area contributed by atoms with Gasteiger partial charge in [0, 0.05) is 12.5 Å². The summed E-state index contributed by atoms with van der Waals surface area (Å²) in [5, 5.41) is 2.83. The van der Waals surface area contributed by atoms with Crippen LogP contribution in [-0.4, -0.2) is 25.2 Å². The quantitative estimate of drug-likeness (QED) is 0.843. The highest BCUT2D eigenvalue weighted by molar-refractivity contribution is 5.79. The van der Waals surface area contributed by atoms with Crippen LogP contribution in [0.25, 0.3) is 0 Å². The van der Waals surface area contributed by atoms with E-state index in [2.05, 4.69) is 5.32 Å². The van der Waals surface area contributed by atoms with Gasteiger partial charge in [0.15, 0.2) is 6.61 Å². The Labute approximate surface area is 133 Å². The first-order valence-electron chi connectivity index (χ1n) is 7.65. The van der Waals surface area contributed by atoms with Gasteiger partial charge in [-0.3, -0.25) is 4.79 Å². The number of rotatable bonds is 6. The SMILES string of the molecule is NC[C@H]1CCC[C@H]1C(=O)NCc1cccc(OCC(F)(F)F)c1. The molecule has 2 atom stereocenters. The molecule has 1 aromatic carbocycles. The lowest BCUT2D eigenvalue weighted by Crippen LogP contribution is -2.34. The molecule has 0 saturated heterocycles. The predicted molar refractivity (Wildman–Crippen MR) is 79.7 cm³/mol. The van der Waals surface area contributed by atoms with Crippen molar-refractivity contribution in [3.63, 3.8) is 0 Å². The van der Waals surface area contributed by atoms with Gasteiger partial charge < -0.3 is 15.8 Å². The highest BCUT2D eigenvalue weighted by atomic mass is 19.4. The zero-order chi connectivity index (χ0) is 16.9. The second-order valence-corrected chi connectivity index (χ2v) is 5.80. The Morgan fingerprint density at radius 2 is 2.13 bits per heavy atom. The Bertz CT molecular complexity index is 534. The number of hydrogen-bond acceptors (Lipinski definition) is 3. The Hall–Kier alpha value is -1.76. The van der Waals surface area contributed by atoms with E-state index in [1.165, 1.54) is 12.1 Å². The molecule has 0 aromatic heterocycles. The maximum atomic E-state index is 12.2. The van der Waals surface area contributed by atoms with Crippen LogP contribution in [0, 0.1) is 11.8 Å². The Kier molecular flexibility index (Phi) is 5.87. The summed E-state index contributed by atoms with van der Waals surface area (Å²) >= 11 is 0. The Morgan fingerprint density at radius 1 is 1.35 bits per heavy atom. The lowest BCUT2D eigenvalue weighted by Gasteiger charge is -2.17. The van der Waals surface area contributed by atoms with E-state index in [9.17, 15) is 18.0 Å². The number of benzene rings is 1. The van der Waals surface area contributed by atoms with Crippen molar-refractivity contribution < 1.29 is 22.7 Å². The molecule has 0 bridgehead atoms. The topological polar surface area (TPSA) is 64.4 Å². The highest BCUT2D eigenvalue weighted by Crippen LogP contribution is 2.31. The molecule has 23 heavy (non-hydrogen) atoms. The number of amides is 1. The van der Waals surface area contributed by atoms with Gasteiger partial charge in [-0.1, -0.05) is 18.6 Å². The third kappa shape index (κ3) is 5.42. The molecule has 1 saturated carbocycles. The first-order valence-corrected chi connectivity index (χ1v) is 7.65. The monoisotopic (exact) mass is 330 g/mol. The molecule has 0 spiro atoms.